The summed E-state index contributed by atoms with van der Waals surface area (Å²) >= 11 is 8.31. The van der Waals surface area contributed by atoms with Crippen molar-refractivity contribution in [3.05, 3.63) is 35.4 Å². The topological polar surface area (TPSA) is 110 Å². The van der Waals surface area contributed by atoms with Gasteiger partial charge in [-0.15, -0.1) is 0 Å². The summed E-state index contributed by atoms with van der Waals surface area (Å²) in [4.78, 5) is 29.5. The Balaban J connectivity index is 1.32. The van der Waals surface area contributed by atoms with Crippen molar-refractivity contribution in [1.82, 2.24) is 29.9 Å². The highest BCUT2D eigenvalue weighted by Gasteiger charge is 2.54. The van der Waals surface area contributed by atoms with E-state index in [1.807, 2.05) is 6.07 Å². The van der Waals surface area contributed by atoms with E-state index >= 15 is 0 Å². The molecule has 5 heterocycles. The third-order valence-electron chi connectivity index (χ3n) is 6.63. The predicted octanol–water partition coefficient (Wildman–Crippen LogP) is 3.37. The van der Waals surface area contributed by atoms with Gasteiger partial charge in [-0.05, 0) is 42.5 Å². The number of pyridine rings is 1. The number of fused-ring (bicyclic) bond motifs is 3. The number of nitrogens with one attached hydrogen (secondary N) is 1. The molecular formula is C21H19ClN8S. The molecule has 4 aromatic heterocycles. The number of rotatable bonds is 4. The Morgan fingerprint density at radius 1 is 1.10 bits per heavy atom. The molecule has 156 valence electrons. The highest BCUT2D eigenvalue weighted by molar-refractivity contribution is 7.99. The average molecular weight is 451 g/mol. The summed E-state index contributed by atoms with van der Waals surface area (Å²) in [6, 6.07) is 2.30. The summed E-state index contributed by atoms with van der Waals surface area (Å²) < 4.78 is 0. The van der Waals surface area contributed by atoms with Gasteiger partial charge in [0, 0.05) is 54.2 Å². The minimum absolute atomic E-state index is 0.330. The van der Waals surface area contributed by atoms with E-state index in [4.69, 9.17) is 27.3 Å². The third-order valence-corrected chi connectivity index (χ3v) is 7.85. The standard InChI is InChI=1S/C21H19ClN8S/c22-15-14-19(27-17(15)9-1-2-9)28-21(29-20(14)30-7-11-12(8-30)16(11)23)31-10-5-13-18(26-6-10)25-4-3-24-13/h3-6,9,11-12,16H,1-2,7-8,23H2,(H,27,28,29). The van der Waals surface area contributed by atoms with Crippen molar-refractivity contribution >= 4 is 51.4 Å². The minimum Gasteiger partial charge on any atom is -0.355 e. The Labute approximate surface area is 187 Å². The number of halogens is 1. The number of hydrogen-bond acceptors (Lipinski definition) is 8. The smallest absolute Gasteiger partial charge is 0.196 e. The van der Waals surface area contributed by atoms with Crippen molar-refractivity contribution in [3.63, 3.8) is 0 Å². The van der Waals surface area contributed by atoms with E-state index in [0.717, 1.165) is 51.1 Å². The van der Waals surface area contributed by atoms with Crippen molar-refractivity contribution in [2.24, 2.45) is 17.6 Å². The van der Waals surface area contributed by atoms with Gasteiger partial charge in [0.25, 0.3) is 0 Å². The molecule has 0 aromatic carbocycles. The maximum atomic E-state index is 6.84. The van der Waals surface area contributed by atoms with Gasteiger partial charge in [-0.25, -0.2) is 19.9 Å². The first kappa shape index (κ1) is 18.1. The summed E-state index contributed by atoms with van der Waals surface area (Å²) in [5, 5.41) is 2.37. The lowest BCUT2D eigenvalue weighted by molar-refractivity contribution is 0.732. The summed E-state index contributed by atoms with van der Waals surface area (Å²) in [5.41, 5.74) is 9.45. The Kier molecular flexibility index (Phi) is 3.80. The molecule has 4 aromatic rings. The molecule has 0 amide bonds. The number of anilines is 1. The molecule has 10 heteroatoms. The molecule has 7 rings (SSSR count). The van der Waals surface area contributed by atoms with Gasteiger partial charge in [-0.1, -0.05) is 11.6 Å². The molecule has 3 aliphatic rings. The van der Waals surface area contributed by atoms with Gasteiger partial charge in [-0.3, -0.25) is 4.98 Å². The summed E-state index contributed by atoms with van der Waals surface area (Å²) in [6.45, 7) is 1.85. The lowest BCUT2D eigenvalue weighted by Crippen LogP contribution is -2.29. The maximum Gasteiger partial charge on any atom is 0.196 e. The van der Waals surface area contributed by atoms with Crippen LogP contribution in [0.2, 0.25) is 5.02 Å². The Morgan fingerprint density at radius 3 is 2.71 bits per heavy atom. The number of aromatic nitrogens is 6. The normalized spacial score (nSPS) is 24.8. The van der Waals surface area contributed by atoms with Crippen LogP contribution >= 0.6 is 23.4 Å². The molecule has 2 atom stereocenters. The van der Waals surface area contributed by atoms with Gasteiger partial charge in [0.05, 0.1) is 10.4 Å². The quantitative estimate of drug-likeness (QED) is 0.455. The SMILES string of the molecule is NC1C2CN(c3nc(Sc4cnc5nccnc5c4)nc4[nH]c(C5CC5)c(Cl)c34)CC12. The summed E-state index contributed by atoms with van der Waals surface area (Å²) in [7, 11) is 0. The van der Waals surface area contributed by atoms with E-state index in [9.17, 15) is 0 Å². The van der Waals surface area contributed by atoms with Crippen LogP contribution in [0.5, 0.6) is 0 Å². The molecule has 31 heavy (non-hydrogen) atoms. The first-order valence-electron chi connectivity index (χ1n) is 10.5. The van der Waals surface area contributed by atoms with Crippen molar-refractivity contribution in [2.45, 2.75) is 34.9 Å². The number of hydrogen-bond donors (Lipinski definition) is 2. The Bertz CT molecular complexity index is 1340. The molecule has 8 nitrogen and oxygen atoms in total. The largest absolute Gasteiger partial charge is 0.355 e. The predicted molar refractivity (Wildman–Crippen MR) is 119 cm³/mol. The van der Waals surface area contributed by atoms with Crippen LogP contribution in [0, 0.1) is 11.8 Å². The first-order chi connectivity index (χ1) is 15.2. The second-order valence-corrected chi connectivity index (χ2v) is 10.1. The van der Waals surface area contributed by atoms with Crippen LogP contribution in [0.4, 0.5) is 5.82 Å². The van der Waals surface area contributed by atoms with Gasteiger partial charge >= 0.3 is 0 Å². The van der Waals surface area contributed by atoms with Crippen LogP contribution in [0.3, 0.4) is 0 Å². The molecule has 1 saturated heterocycles. The molecule has 1 aliphatic heterocycles. The number of aromatic amines is 1. The van der Waals surface area contributed by atoms with E-state index in [0.29, 0.717) is 34.6 Å². The molecular weight excluding hydrogens is 432 g/mol. The molecule has 2 aliphatic carbocycles. The fourth-order valence-electron chi connectivity index (χ4n) is 4.71. The minimum atomic E-state index is 0.330. The van der Waals surface area contributed by atoms with Crippen LogP contribution < -0.4 is 10.6 Å². The highest BCUT2D eigenvalue weighted by atomic mass is 35.5. The fourth-order valence-corrected chi connectivity index (χ4v) is 5.84. The monoisotopic (exact) mass is 450 g/mol. The molecule has 3 fully saturated rings. The molecule has 0 spiro atoms. The van der Waals surface area contributed by atoms with Gasteiger partial charge in [0.2, 0.25) is 0 Å². The van der Waals surface area contributed by atoms with E-state index in [1.165, 1.54) is 24.6 Å². The second kappa shape index (κ2) is 6.51. The van der Waals surface area contributed by atoms with E-state index in [1.54, 1.807) is 18.6 Å². The number of nitrogens with two attached hydrogens (primary N) is 1. The van der Waals surface area contributed by atoms with Crippen molar-refractivity contribution in [3.8, 4) is 0 Å². The zero-order chi connectivity index (χ0) is 20.7. The highest BCUT2D eigenvalue weighted by Crippen LogP contribution is 2.49. The Hall–Kier alpha value is -2.49. The van der Waals surface area contributed by atoms with Crippen LogP contribution in [0.1, 0.15) is 24.5 Å². The van der Waals surface area contributed by atoms with E-state index in [2.05, 4.69) is 24.8 Å². The zero-order valence-electron chi connectivity index (χ0n) is 16.5. The van der Waals surface area contributed by atoms with Crippen LogP contribution in [-0.4, -0.2) is 49.0 Å². The average Bonchev–Trinajstić information content (AvgIpc) is 3.63. The van der Waals surface area contributed by atoms with E-state index in [-0.39, 0.29) is 0 Å². The summed E-state index contributed by atoms with van der Waals surface area (Å²) in [6.07, 6.45) is 7.44. The number of nitrogens with zero attached hydrogens (tertiary/aromatic N) is 6. The number of H-pyrrole nitrogens is 1. The molecule has 3 N–H and O–H groups in total. The lowest BCUT2D eigenvalue weighted by Gasteiger charge is -2.21. The molecule has 0 bridgehead atoms. The maximum absolute atomic E-state index is 6.84. The van der Waals surface area contributed by atoms with Crippen molar-refractivity contribution in [1.29, 1.82) is 0 Å². The van der Waals surface area contributed by atoms with Crippen LogP contribution in [0.25, 0.3) is 22.2 Å². The summed E-state index contributed by atoms with van der Waals surface area (Å²) in [5.74, 6) is 2.54. The van der Waals surface area contributed by atoms with Gasteiger partial charge in [0.15, 0.2) is 10.8 Å². The van der Waals surface area contributed by atoms with Gasteiger partial charge < -0.3 is 15.6 Å². The Morgan fingerprint density at radius 2 is 1.90 bits per heavy atom. The van der Waals surface area contributed by atoms with Gasteiger partial charge in [-0.2, -0.15) is 0 Å². The van der Waals surface area contributed by atoms with Crippen LogP contribution in [0.15, 0.2) is 34.7 Å². The van der Waals surface area contributed by atoms with Crippen LogP contribution in [-0.2, 0) is 0 Å². The van der Waals surface area contributed by atoms with Gasteiger partial charge in [0.1, 0.15) is 17.0 Å². The zero-order valence-corrected chi connectivity index (χ0v) is 18.1. The fraction of sp³-hybridized carbons (Fsp3) is 0.381. The number of piperidine rings is 1. The molecule has 2 unspecified atom stereocenters. The third kappa shape index (κ3) is 2.90. The lowest BCUT2D eigenvalue weighted by atomic mass is 10.2. The molecule has 0 radical (unpaired) electrons. The first-order valence-corrected chi connectivity index (χ1v) is 11.7. The van der Waals surface area contributed by atoms with E-state index < -0.39 is 0 Å². The second-order valence-electron chi connectivity index (χ2n) is 8.66. The van der Waals surface area contributed by atoms with Crippen molar-refractivity contribution in [2.75, 3.05) is 18.0 Å². The molecule has 2 saturated carbocycles. The van der Waals surface area contributed by atoms with Crippen molar-refractivity contribution < 1.29 is 0 Å².